The number of piperidine rings is 1. The Balaban J connectivity index is 1.67. The summed E-state index contributed by atoms with van der Waals surface area (Å²) in [6.07, 6.45) is 3.24. The topological polar surface area (TPSA) is 65.7 Å². The zero-order valence-electron chi connectivity index (χ0n) is 17.6. The third-order valence-electron chi connectivity index (χ3n) is 5.44. The van der Waals surface area contributed by atoms with Crippen LogP contribution in [-0.2, 0) is 13.0 Å². The lowest BCUT2D eigenvalue weighted by molar-refractivity contribution is 0.122. The first-order valence-corrected chi connectivity index (χ1v) is 10.9. The van der Waals surface area contributed by atoms with Crippen LogP contribution in [0.25, 0.3) is 0 Å². The summed E-state index contributed by atoms with van der Waals surface area (Å²) >= 11 is 6.26. The number of nitrogens with one attached hydrogen (secondary N) is 2. The van der Waals surface area contributed by atoms with Gasteiger partial charge in [-0.05, 0) is 63.4 Å². The van der Waals surface area contributed by atoms with E-state index in [1.54, 1.807) is 0 Å². The quantitative estimate of drug-likeness (QED) is 0.526. The smallest absolute Gasteiger partial charge is 0.191 e. The Morgan fingerprint density at radius 1 is 1.31 bits per heavy atom. The van der Waals surface area contributed by atoms with Crippen LogP contribution in [0.3, 0.4) is 0 Å². The number of hydrogen-bond donors (Lipinski definition) is 2. The van der Waals surface area contributed by atoms with Crippen LogP contribution in [0.4, 0.5) is 0 Å². The third-order valence-corrected chi connectivity index (χ3v) is 5.67. The Morgan fingerprint density at radius 2 is 2.17 bits per heavy atom. The van der Waals surface area contributed by atoms with Gasteiger partial charge in [-0.1, -0.05) is 35.8 Å². The Kier molecular flexibility index (Phi) is 7.95. The summed E-state index contributed by atoms with van der Waals surface area (Å²) in [6, 6.07) is 10.6. The maximum absolute atomic E-state index is 6.26. The first-order chi connectivity index (χ1) is 14.1. The number of benzene rings is 1. The summed E-state index contributed by atoms with van der Waals surface area (Å²) in [7, 11) is 2.20. The van der Waals surface area contributed by atoms with Gasteiger partial charge in [0.15, 0.2) is 11.7 Å². The van der Waals surface area contributed by atoms with Gasteiger partial charge in [0.1, 0.15) is 6.54 Å². The minimum Gasteiger partial charge on any atom is -0.359 e. The molecule has 1 fully saturated rings. The molecule has 2 heterocycles. The number of rotatable bonds is 7. The Bertz CT molecular complexity index is 806. The summed E-state index contributed by atoms with van der Waals surface area (Å²) in [5.41, 5.74) is 2.24. The lowest BCUT2D eigenvalue weighted by Crippen LogP contribution is -2.45. The Hall–Kier alpha value is -2.05. The molecule has 0 bridgehead atoms. The maximum atomic E-state index is 6.26. The van der Waals surface area contributed by atoms with Gasteiger partial charge in [-0.25, -0.2) is 4.99 Å². The molecule has 1 aliphatic rings. The van der Waals surface area contributed by atoms with Gasteiger partial charge in [0.25, 0.3) is 0 Å². The summed E-state index contributed by atoms with van der Waals surface area (Å²) in [5.74, 6) is 2.07. The van der Waals surface area contributed by atoms with E-state index in [1.807, 2.05) is 18.2 Å². The molecule has 2 aromatic rings. The van der Waals surface area contributed by atoms with E-state index in [1.165, 1.54) is 18.4 Å². The number of likely N-dealkylation sites (tertiary alicyclic amines) is 1. The van der Waals surface area contributed by atoms with Crippen molar-refractivity contribution in [3.63, 3.8) is 0 Å². The van der Waals surface area contributed by atoms with Crippen LogP contribution in [0.1, 0.15) is 49.7 Å². The summed E-state index contributed by atoms with van der Waals surface area (Å²) in [6.45, 7) is 7.38. The van der Waals surface area contributed by atoms with Crippen molar-refractivity contribution in [3.05, 3.63) is 52.4 Å². The molecule has 6 nitrogen and oxygen atoms in total. The minimum absolute atomic E-state index is 0.346. The van der Waals surface area contributed by atoms with Crippen molar-refractivity contribution in [3.8, 4) is 0 Å². The lowest BCUT2D eigenvalue weighted by Gasteiger charge is -2.40. The van der Waals surface area contributed by atoms with Crippen molar-refractivity contribution in [1.82, 2.24) is 20.7 Å². The standard InChI is InChI=1S/C22H32ClN5O/c1-4-19-13-20(29-27-19)15-26-22(24-5-2)25-14-17-9-7-11-28(3)21(17)16-8-6-10-18(23)12-16/h6,8,10,12-13,17,21H,4-5,7,9,11,14-15H2,1-3H3,(H2,24,25,26). The minimum atomic E-state index is 0.346. The van der Waals surface area contributed by atoms with Crippen LogP contribution >= 0.6 is 11.6 Å². The fraction of sp³-hybridized carbons (Fsp3) is 0.545. The molecule has 0 aliphatic carbocycles. The van der Waals surface area contributed by atoms with E-state index in [2.05, 4.69) is 58.7 Å². The average Bonchev–Trinajstić information content (AvgIpc) is 3.18. The molecule has 1 saturated heterocycles. The van der Waals surface area contributed by atoms with Crippen molar-refractivity contribution in [1.29, 1.82) is 0 Å². The summed E-state index contributed by atoms with van der Waals surface area (Å²) in [4.78, 5) is 7.11. The molecule has 1 aromatic heterocycles. The van der Waals surface area contributed by atoms with Crippen molar-refractivity contribution >= 4 is 17.6 Å². The zero-order chi connectivity index (χ0) is 20.6. The molecule has 0 radical (unpaired) electrons. The molecular formula is C22H32ClN5O. The molecule has 158 valence electrons. The molecule has 3 rings (SSSR count). The average molecular weight is 418 g/mol. The van der Waals surface area contributed by atoms with Gasteiger partial charge in [-0.2, -0.15) is 0 Å². The van der Waals surface area contributed by atoms with Crippen molar-refractivity contribution in [2.24, 2.45) is 10.9 Å². The van der Waals surface area contributed by atoms with E-state index >= 15 is 0 Å². The molecule has 29 heavy (non-hydrogen) atoms. The number of nitrogens with zero attached hydrogens (tertiary/aromatic N) is 3. The number of hydrogen-bond acceptors (Lipinski definition) is 4. The van der Waals surface area contributed by atoms with E-state index in [0.29, 0.717) is 18.5 Å². The predicted octanol–water partition coefficient (Wildman–Crippen LogP) is 4.03. The van der Waals surface area contributed by atoms with Gasteiger partial charge in [0, 0.05) is 30.2 Å². The largest absolute Gasteiger partial charge is 0.359 e. The number of aromatic nitrogens is 1. The molecule has 0 amide bonds. The Labute approximate surface area is 178 Å². The van der Waals surface area contributed by atoms with E-state index in [-0.39, 0.29) is 0 Å². The number of aryl methyl sites for hydroxylation is 1. The fourth-order valence-electron chi connectivity index (χ4n) is 4.01. The highest BCUT2D eigenvalue weighted by Crippen LogP contribution is 2.35. The molecule has 2 N–H and O–H groups in total. The predicted molar refractivity (Wildman–Crippen MR) is 118 cm³/mol. The van der Waals surface area contributed by atoms with Crippen molar-refractivity contribution < 1.29 is 4.52 Å². The molecule has 1 aromatic carbocycles. The third kappa shape index (κ3) is 5.97. The van der Waals surface area contributed by atoms with Gasteiger partial charge in [0.2, 0.25) is 0 Å². The van der Waals surface area contributed by atoms with Gasteiger partial charge < -0.3 is 15.2 Å². The van der Waals surface area contributed by atoms with E-state index in [4.69, 9.17) is 16.1 Å². The molecule has 0 spiro atoms. The number of guanidine groups is 1. The van der Waals surface area contributed by atoms with Crippen LogP contribution in [-0.4, -0.2) is 42.7 Å². The van der Waals surface area contributed by atoms with Gasteiger partial charge in [-0.3, -0.25) is 4.90 Å². The van der Waals surface area contributed by atoms with Crippen LogP contribution in [0.2, 0.25) is 5.02 Å². The second-order valence-electron chi connectivity index (χ2n) is 7.60. The highest BCUT2D eigenvalue weighted by atomic mass is 35.5. The molecule has 0 saturated carbocycles. The molecule has 2 unspecified atom stereocenters. The van der Waals surface area contributed by atoms with E-state index < -0.39 is 0 Å². The van der Waals surface area contributed by atoms with Crippen molar-refractivity contribution in [2.45, 2.75) is 45.7 Å². The second-order valence-corrected chi connectivity index (χ2v) is 8.03. The maximum Gasteiger partial charge on any atom is 0.191 e. The van der Waals surface area contributed by atoms with Gasteiger partial charge in [0.05, 0.1) is 5.69 Å². The monoisotopic (exact) mass is 417 g/mol. The number of halogens is 1. The molecular weight excluding hydrogens is 386 g/mol. The normalized spacial score (nSPS) is 20.6. The lowest BCUT2D eigenvalue weighted by atomic mass is 9.85. The SMILES string of the molecule is CCNC(=NCc1cc(CC)no1)NCC1CCCN(C)C1c1cccc(Cl)c1. The second kappa shape index (κ2) is 10.6. The van der Waals surface area contributed by atoms with Crippen LogP contribution in [0.5, 0.6) is 0 Å². The highest BCUT2D eigenvalue weighted by molar-refractivity contribution is 6.30. The summed E-state index contributed by atoms with van der Waals surface area (Å²) in [5, 5.41) is 11.7. The first-order valence-electron chi connectivity index (χ1n) is 10.5. The van der Waals surface area contributed by atoms with Crippen LogP contribution in [0, 0.1) is 5.92 Å². The molecule has 2 atom stereocenters. The first kappa shape index (κ1) is 21.7. The van der Waals surface area contributed by atoms with Gasteiger partial charge in [-0.15, -0.1) is 0 Å². The van der Waals surface area contributed by atoms with Crippen molar-refractivity contribution in [2.75, 3.05) is 26.7 Å². The van der Waals surface area contributed by atoms with Gasteiger partial charge >= 0.3 is 0 Å². The van der Waals surface area contributed by atoms with E-state index in [9.17, 15) is 0 Å². The summed E-state index contributed by atoms with van der Waals surface area (Å²) < 4.78 is 5.35. The molecule has 7 heteroatoms. The van der Waals surface area contributed by atoms with E-state index in [0.717, 1.165) is 48.5 Å². The molecule has 1 aliphatic heterocycles. The Morgan fingerprint density at radius 3 is 2.90 bits per heavy atom. The fourth-order valence-corrected chi connectivity index (χ4v) is 4.21. The highest BCUT2D eigenvalue weighted by Gasteiger charge is 2.30. The zero-order valence-corrected chi connectivity index (χ0v) is 18.4. The van der Waals surface area contributed by atoms with Crippen LogP contribution < -0.4 is 10.6 Å². The number of aliphatic imine (C=N–C) groups is 1. The van der Waals surface area contributed by atoms with Crippen LogP contribution in [0.15, 0.2) is 39.8 Å².